The molecular formula is C13H19ClN2O2S. The lowest BCUT2D eigenvalue weighted by Crippen LogP contribution is -2.40. The Bertz CT molecular complexity index is 494. The van der Waals surface area contributed by atoms with Gasteiger partial charge in [0.15, 0.2) is 0 Å². The number of carbonyl (C=O) groups is 1. The van der Waals surface area contributed by atoms with E-state index in [1.165, 1.54) is 0 Å². The molecule has 0 aliphatic rings. The van der Waals surface area contributed by atoms with Crippen LogP contribution in [0.15, 0.2) is 23.1 Å². The Labute approximate surface area is 121 Å². The van der Waals surface area contributed by atoms with Crippen LogP contribution in [-0.4, -0.2) is 21.4 Å². The van der Waals surface area contributed by atoms with Crippen molar-refractivity contribution in [2.24, 2.45) is 0 Å². The number of nitrogens with two attached hydrogens (primary N) is 1. The van der Waals surface area contributed by atoms with Gasteiger partial charge in [0.05, 0.1) is 21.5 Å². The molecule has 1 amide bonds. The number of hydrogen-bond donors (Lipinski definition) is 2. The zero-order valence-corrected chi connectivity index (χ0v) is 12.8. The molecule has 1 aromatic carbocycles. The van der Waals surface area contributed by atoms with Crippen LogP contribution in [0.2, 0.25) is 5.02 Å². The average Bonchev–Trinajstić information content (AvgIpc) is 2.39. The Hall–Kier alpha value is -1.07. The van der Waals surface area contributed by atoms with Gasteiger partial charge in [0.1, 0.15) is 5.25 Å². The van der Waals surface area contributed by atoms with Crippen molar-refractivity contribution in [3.63, 3.8) is 0 Å². The molecule has 1 rings (SSSR count). The molecule has 0 spiro atoms. The highest BCUT2D eigenvalue weighted by molar-refractivity contribution is 7.86. The number of nitrogens with one attached hydrogen (secondary N) is 1. The Morgan fingerprint density at radius 2 is 2.11 bits per heavy atom. The van der Waals surface area contributed by atoms with Gasteiger partial charge >= 0.3 is 0 Å². The Morgan fingerprint density at radius 3 is 2.63 bits per heavy atom. The second-order valence-electron chi connectivity index (χ2n) is 4.44. The molecule has 0 aliphatic heterocycles. The van der Waals surface area contributed by atoms with Crippen LogP contribution in [0.3, 0.4) is 0 Å². The lowest BCUT2D eigenvalue weighted by atomic mass is 10.2. The molecular weight excluding hydrogens is 284 g/mol. The van der Waals surface area contributed by atoms with Crippen LogP contribution in [0.1, 0.15) is 27.2 Å². The van der Waals surface area contributed by atoms with Crippen molar-refractivity contribution < 1.29 is 9.00 Å². The summed E-state index contributed by atoms with van der Waals surface area (Å²) in [4.78, 5) is 12.4. The molecule has 0 aromatic heterocycles. The fourth-order valence-electron chi connectivity index (χ4n) is 1.40. The molecule has 19 heavy (non-hydrogen) atoms. The smallest absolute Gasteiger partial charge is 0.236 e. The predicted molar refractivity (Wildman–Crippen MR) is 79.6 cm³/mol. The summed E-state index contributed by atoms with van der Waals surface area (Å²) in [5.41, 5.74) is 6.03. The number of amides is 1. The first-order valence-corrected chi connectivity index (χ1v) is 7.71. The quantitative estimate of drug-likeness (QED) is 0.820. The third-order valence-corrected chi connectivity index (χ3v) is 4.80. The summed E-state index contributed by atoms with van der Waals surface area (Å²) in [6.45, 7) is 5.53. The maximum Gasteiger partial charge on any atom is 0.236 e. The van der Waals surface area contributed by atoms with Gasteiger partial charge in [0.25, 0.3) is 0 Å². The van der Waals surface area contributed by atoms with E-state index in [2.05, 4.69) is 5.32 Å². The van der Waals surface area contributed by atoms with E-state index in [1.807, 2.05) is 13.8 Å². The lowest BCUT2D eigenvalue weighted by Gasteiger charge is -2.16. The van der Waals surface area contributed by atoms with Gasteiger partial charge in [-0.15, -0.1) is 0 Å². The highest BCUT2D eigenvalue weighted by atomic mass is 35.5. The third-order valence-electron chi connectivity index (χ3n) is 2.90. The van der Waals surface area contributed by atoms with Crippen LogP contribution in [0.5, 0.6) is 0 Å². The van der Waals surface area contributed by atoms with Crippen molar-refractivity contribution >= 4 is 34.0 Å². The van der Waals surface area contributed by atoms with Crippen molar-refractivity contribution in [2.45, 2.75) is 43.4 Å². The van der Waals surface area contributed by atoms with Crippen molar-refractivity contribution in [1.29, 1.82) is 0 Å². The second-order valence-corrected chi connectivity index (χ2v) is 6.62. The number of benzene rings is 1. The molecule has 6 heteroatoms. The van der Waals surface area contributed by atoms with Gasteiger partial charge < -0.3 is 11.1 Å². The summed E-state index contributed by atoms with van der Waals surface area (Å²) >= 11 is 5.89. The molecule has 0 heterocycles. The standard InChI is InChI=1S/C13H19ClN2O2S/c1-4-8(2)16-13(17)9(3)19(18)10-5-6-12(15)11(14)7-10/h5-9H,4,15H2,1-3H3,(H,16,17). The van der Waals surface area contributed by atoms with E-state index < -0.39 is 16.0 Å². The van der Waals surface area contributed by atoms with Gasteiger partial charge in [-0.05, 0) is 38.5 Å². The van der Waals surface area contributed by atoms with Gasteiger partial charge in [-0.25, -0.2) is 0 Å². The summed E-state index contributed by atoms with van der Waals surface area (Å²) in [6.07, 6.45) is 0.832. The first-order chi connectivity index (χ1) is 8.86. The molecule has 0 bridgehead atoms. The van der Waals surface area contributed by atoms with Crippen LogP contribution in [0.4, 0.5) is 5.69 Å². The van der Waals surface area contributed by atoms with E-state index in [0.717, 1.165) is 6.42 Å². The summed E-state index contributed by atoms with van der Waals surface area (Å²) in [6, 6.07) is 4.83. The van der Waals surface area contributed by atoms with Crippen LogP contribution >= 0.6 is 11.6 Å². The number of carbonyl (C=O) groups excluding carboxylic acids is 1. The maximum absolute atomic E-state index is 12.3. The van der Waals surface area contributed by atoms with Crippen molar-refractivity contribution in [3.8, 4) is 0 Å². The maximum atomic E-state index is 12.3. The molecule has 3 N–H and O–H groups in total. The first kappa shape index (κ1) is 16.0. The number of rotatable bonds is 5. The van der Waals surface area contributed by atoms with E-state index in [-0.39, 0.29) is 11.9 Å². The number of halogens is 1. The van der Waals surface area contributed by atoms with Gasteiger partial charge in [-0.3, -0.25) is 9.00 Å². The molecule has 0 saturated heterocycles. The highest BCUT2D eigenvalue weighted by Crippen LogP contribution is 2.23. The third kappa shape index (κ3) is 4.21. The molecule has 3 unspecified atom stereocenters. The minimum atomic E-state index is -1.45. The molecule has 106 valence electrons. The largest absolute Gasteiger partial charge is 0.398 e. The van der Waals surface area contributed by atoms with E-state index in [1.54, 1.807) is 25.1 Å². The van der Waals surface area contributed by atoms with Gasteiger partial charge in [0, 0.05) is 10.9 Å². The van der Waals surface area contributed by atoms with Gasteiger partial charge in [-0.1, -0.05) is 18.5 Å². The van der Waals surface area contributed by atoms with E-state index >= 15 is 0 Å². The molecule has 0 saturated carbocycles. The minimum Gasteiger partial charge on any atom is -0.398 e. The molecule has 1 aromatic rings. The summed E-state index contributed by atoms with van der Waals surface area (Å²) in [5.74, 6) is -0.222. The van der Waals surface area contributed by atoms with Crippen molar-refractivity contribution in [2.75, 3.05) is 5.73 Å². The summed E-state index contributed by atoms with van der Waals surface area (Å²) in [5, 5.41) is 2.53. The second kappa shape index (κ2) is 6.91. The molecule has 0 aliphatic carbocycles. The average molecular weight is 303 g/mol. The monoisotopic (exact) mass is 302 g/mol. The van der Waals surface area contributed by atoms with E-state index in [4.69, 9.17) is 17.3 Å². The van der Waals surface area contributed by atoms with Crippen molar-refractivity contribution in [3.05, 3.63) is 23.2 Å². The number of hydrogen-bond acceptors (Lipinski definition) is 3. The molecule has 4 nitrogen and oxygen atoms in total. The molecule has 0 fully saturated rings. The zero-order chi connectivity index (χ0) is 14.6. The summed E-state index contributed by atoms with van der Waals surface area (Å²) in [7, 11) is -1.45. The lowest BCUT2D eigenvalue weighted by molar-refractivity contribution is -0.120. The number of nitrogen functional groups attached to an aromatic ring is 1. The summed E-state index contributed by atoms with van der Waals surface area (Å²) < 4.78 is 12.3. The Morgan fingerprint density at radius 1 is 1.47 bits per heavy atom. The number of anilines is 1. The normalized spacial score (nSPS) is 15.6. The predicted octanol–water partition coefficient (Wildman–Crippen LogP) is 2.33. The van der Waals surface area contributed by atoms with Crippen LogP contribution in [0.25, 0.3) is 0 Å². The van der Waals surface area contributed by atoms with Gasteiger partial charge in [-0.2, -0.15) is 0 Å². The van der Waals surface area contributed by atoms with Crippen molar-refractivity contribution in [1.82, 2.24) is 5.32 Å². The topological polar surface area (TPSA) is 72.2 Å². The molecule has 3 atom stereocenters. The van der Waals surface area contributed by atoms with Crippen LogP contribution in [0, 0.1) is 0 Å². The van der Waals surface area contributed by atoms with Crippen LogP contribution < -0.4 is 11.1 Å². The van der Waals surface area contributed by atoms with E-state index in [9.17, 15) is 9.00 Å². The fraction of sp³-hybridized carbons (Fsp3) is 0.462. The highest BCUT2D eigenvalue weighted by Gasteiger charge is 2.22. The fourth-order valence-corrected chi connectivity index (χ4v) is 2.75. The Balaban J connectivity index is 2.81. The minimum absolute atomic E-state index is 0.0713. The SMILES string of the molecule is CCC(C)NC(=O)C(C)S(=O)c1ccc(N)c(Cl)c1. The first-order valence-electron chi connectivity index (χ1n) is 6.12. The molecule has 0 radical (unpaired) electrons. The van der Waals surface area contributed by atoms with E-state index in [0.29, 0.717) is 15.6 Å². The zero-order valence-electron chi connectivity index (χ0n) is 11.3. The van der Waals surface area contributed by atoms with Gasteiger partial charge in [0.2, 0.25) is 5.91 Å². The Kier molecular flexibility index (Phi) is 5.82. The van der Waals surface area contributed by atoms with Crippen LogP contribution in [-0.2, 0) is 15.6 Å².